The van der Waals surface area contributed by atoms with Crippen molar-refractivity contribution in [2.75, 3.05) is 20.7 Å². The monoisotopic (exact) mass is 264 g/mol. The van der Waals surface area contributed by atoms with Gasteiger partial charge in [0.2, 0.25) is 5.91 Å². The van der Waals surface area contributed by atoms with Crippen LogP contribution in [-0.2, 0) is 11.2 Å². The summed E-state index contributed by atoms with van der Waals surface area (Å²) in [5.41, 5.74) is 9.04. The van der Waals surface area contributed by atoms with Gasteiger partial charge in [0, 0.05) is 13.6 Å². The lowest BCUT2D eigenvalue weighted by molar-refractivity contribution is -0.130. The summed E-state index contributed by atoms with van der Waals surface area (Å²) in [5.74, 6) is 0.908. The Bertz CT molecular complexity index is 432. The highest BCUT2D eigenvalue weighted by Gasteiger charge is 2.13. The largest absolute Gasteiger partial charge is 0.496 e. The molecule has 1 aromatic rings. The number of nitrogens with zero attached hydrogens (tertiary/aromatic N) is 1. The number of hydrogen-bond donors (Lipinski definition) is 1. The Morgan fingerprint density at radius 2 is 1.89 bits per heavy atom. The highest BCUT2D eigenvalue weighted by Crippen LogP contribution is 2.24. The second kappa shape index (κ2) is 6.57. The molecule has 1 rings (SSSR count). The van der Waals surface area contributed by atoms with E-state index >= 15 is 0 Å². The second-order valence-corrected chi connectivity index (χ2v) is 5.06. The van der Waals surface area contributed by atoms with E-state index in [1.807, 2.05) is 13.8 Å². The molecule has 0 aliphatic heterocycles. The minimum absolute atomic E-state index is 0.0260. The number of rotatable bonds is 5. The van der Waals surface area contributed by atoms with Crippen molar-refractivity contribution in [3.05, 3.63) is 28.8 Å². The van der Waals surface area contributed by atoms with Crippen molar-refractivity contribution in [2.45, 2.75) is 33.2 Å². The Labute approximate surface area is 115 Å². The Balaban J connectivity index is 2.71. The minimum atomic E-state index is -0.440. The maximum Gasteiger partial charge on any atom is 0.238 e. The Hall–Kier alpha value is -1.55. The molecule has 0 aliphatic rings. The van der Waals surface area contributed by atoms with Gasteiger partial charge in [-0.25, -0.2) is 0 Å². The van der Waals surface area contributed by atoms with Crippen molar-refractivity contribution in [2.24, 2.45) is 5.73 Å². The highest BCUT2D eigenvalue weighted by atomic mass is 16.5. The van der Waals surface area contributed by atoms with Gasteiger partial charge >= 0.3 is 0 Å². The van der Waals surface area contributed by atoms with Gasteiger partial charge in [-0.3, -0.25) is 4.79 Å². The Morgan fingerprint density at radius 3 is 2.32 bits per heavy atom. The molecule has 0 spiro atoms. The van der Waals surface area contributed by atoms with Crippen molar-refractivity contribution in [1.82, 2.24) is 4.90 Å². The van der Waals surface area contributed by atoms with Gasteiger partial charge in [-0.1, -0.05) is 12.1 Å². The summed E-state index contributed by atoms with van der Waals surface area (Å²) in [7, 11) is 3.47. The summed E-state index contributed by atoms with van der Waals surface area (Å²) < 4.78 is 5.34. The fourth-order valence-corrected chi connectivity index (χ4v) is 2.26. The van der Waals surface area contributed by atoms with Crippen molar-refractivity contribution in [3.63, 3.8) is 0 Å². The molecule has 0 fully saturated rings. The standard InChI is InChI=1S/C15H24N2O2/c1-10-8-13(9-11(2)14(10)19-5)6-7-17(4)15(18)12(3)16/h8-9,12H,6-7,16H2,1-5H3. The summed E-state index contributed by atoms with van der Waals surface area (Å²) in [6.45, 7) is 6.45. The lowest BCUT2D eigenvalue weighted by atomic mass is 10.0. The van der Waals surface area contributed by atoms with E-state index in [9.17, 15) is 4.79 Å². The second-order valence-electron chi connectivity index (χ2n) is 5.06. The maximum atomic E-state index is 11.7. The molecule has 0 saturated carbocycles. The molecule has 19 heavy (non-hydrogen) atoms. The number of hydrogen-bond acceptors (Lipinski definition) is 3. The Kier molecular flexibility index (Phi) is 5.36. The minimum Gasteiger partial charge on any atom is -0.496 e. The smallest absolute Gasteiger partial charge is 0.238 e. The number of methoxy groups -OCH3 is 1. The maximum absolute atomic E-state index is 11.7. The number of benzene rings is 1. The first-order chi connectivity index (χ1) is 8.86. The molecule has 0 bridgehead atoms. The van der Waals surface area contributed by atoms with Gasteiger partial charge in [-0.05, 0) is 43.9 Å². The first-order valence-corrected chi connectivity index (χ1v) is 6.51. The van der Waals surface area contributed by atoms with E-state index in [-0.39, 0.29) is 5.91 Å². The van der Waals surface area contributed by atoms with Crippen molar-refractivity contribution in [3.8, 4) is 5.75 Å². The zero-order valence-electron chi connectivity index (χ0n) is 12.5. The van der Waals surface area contributed by atoms with E-state index < -0.39 is 6.04 Å². The normalized spacial score (nSPS) is 12.1. The summed E-state index contributed by atoms with van der Waals surface area (Å²) in [4.78, 5) is 13.4. The van der Waals surface area contributed by atoms with E-state index in [2.05, 4.69) is 12.1 Å². The first-order valence-electron chi connectivity index (χ1n) is 6.51. The fraction of sp³-hybridized carbons (Fsp3) is 0.533. The Morgan fingerprint density at radius 1 is 1.37 bits per heavy atom. The third-order valence-electron chi connectivity index (χ3n) is 3.23. The molecule has 0 aromatic heterocycles. The van der Waals surface area contributed by atoms with Gasteiger partial charge in [-0.15, -0.1) is 0 Å². The number of carbonyl (C=O) groups is 1. The molecule has 1 unspecified atom stereocenters. The molecule has 1 atom stereocenters. The van der Waals surface area contributed by atoms with Crippen LogP contribution in [-0.4, -0.2) is 37.6 Å². The molecule has 4 nitrogen and oxygen atoms in total. The quantitative estimate of drug-likeness (QED) is 0.880. The van der Waals surface area contributed by atoms with Crippen LogP contribution in [0.3, 0.4) is 0 Å². The summed E-state index contributed by atoms with van der Waals surface area (Å²) in [6.07, 6.45) is 0.820. The molecule has 1 aromatic carbocycles. The number of amides is 1. The van der Waals surface area contributed by atoms with Gasteiger partial charge in [0.1, 0.15) is 5.75 Å². The predicted molar refractivity (Wildman–Crippen MR) is 77.5 cm³/mol. The predicted octanol–water partition coefficient (Wildman–Crippen LogP) is 1.66. The molecule has 0 saturated heterocycles. The van der Waals surface area contributed by atoms with Gasteiger partial charge in [0.05, 0.1) is 13.2 Å². The lowest BCUT2D eigenvalue weighted by Gasteiger charge is -2.19. The van der Waals surface area contributed by atoms with Crippen molar-refractivity contribution in [1.29, 1.82) is 0 Å². The number of likely N-dealkylation sites (N-methyl/N-ethyl adjacent to an activating group) is 1. The van der Waals surface area contributed by atoms with Crippen LogP contribution in [0.5, 0.6) is 5.75 Å². The third-order valence-corrected chi connectivity index (χ3v) is 3.23. The van der Waals surface area contributed by atoms with Gasteiger partial charge in [-0.2, -0.15) is 0 Å². The molecule has 2 N–H and O–H groups in total. The number of nitrogens with two attached hydrogens (primary N) is 1. The molecule has 4 heteroatoms. The van der Waals surface area contributed by atoms with Crippen LogP contribution in [0.2, 0.25) is 0 Å². The van der Waals surface area contributed by atoms with E-state index in [1.165, 1.54) is 5.56 Å². The van der Waals surface area contributed by atoms with E-state index in [0.29, 0.717) is 6.54 Å². The molecular weight excluding hydrogens is 240 g/mol. The summed E-state index contributed by atoms with van der Waals surface area (Å²) in [5, 5.41) is 0. The summed E-state index contributed by atoms with van der Waals surface area (Å²) >= 11 is 0. The van der Waals surface area contributed by atoms with Gasteiger partial charge < -0.3 is 15.4 Å². The zero-order valence-corrected chi connectivity index (χ0v) is 12.5. The van der Waals surface area contributed by atoms with E-state index in [1.54, 1.807) is 26.0 Å². The van der Waals surface area contributed by atoms with Crippen LogP contribution in [0.4, 0.5) is 0 Å². The lowest BCUT2D eigenvalue weighted by Crippen LogP contribution is -2.40. The number of ether oxygens (including phenoxy) is 1. The number of carbonyl (C=O) groups excluding carboxylic acids is 1. The van der Waals surface area contributed by atoms with Gasteiger partial charge in [0.25, 0.3) is 0 Å². The molecular formula is C15H24N2O2. The van der Waals surface area contributed by atoms with Crippen LogP contribution in [0.25, 0.3) is 0 Å². The van der Waals surface area contributed by atoms with E-state index in [4.69, 9.17) is 10.5 Å². The molecule has 0 heterocycles. The molecule has 106 valence electrons. The SMILES string of the molecule is COc1c(C)cc(CCN(C)C(=O)C(C)N)cc1C. The topological polar surface area (TPSA) is 55.6 Å². The number of aryl methyl sites for hydroxylation is 2. The van der Waals surface area contributed by atoms with Crippen LogP contribution >= 0.6 is 0 Å². The van der Waals surface area contributed by atoms with Crippen LogP contribution in [0, 0.1) is 13.8 Å². The highest BCUT2D eigenvalue weighted by molar-refractivity contribution is 5.80. The van der Waals surface area contributed by atoms with E-state index in [0.717, 1.165) is 23.3 Å². The van der Waals surface area contributed by atoms with Crippen LogP contribution in [0.1, 0.15) is 23.6 Å². The van der Waals surface area contributed by atoms with Crippen molar-refractivity contribution >= 4 is 5.91 Å². The molecule has 0 radical (unpaired) electrons. The van der Waals surface area contributed by atoms with Crippen LogP contribution < -0.4 is 10.5 Å². The molecule has 1 amide bonds. The average molecular weight is 264 g/mol. The van der Waals surface area contributed by atoms with Crippen molar-refractivity contribution < 1.29 is 9.53 Å². The average Bonchev–Trinajstić information content (AvgIpc) is 2.34. The van der Waals surface area contributed by atoms with Gasteiger partial charge in [0.15, 0.2) is 0 Å². The third kappa shape index (κ3) is 3.96. The first kappa shape index (κ1) is 15.5. The van der Waals surface area contributed by atoms with Crippen LogP contribution in [0.15, 0.2) is 12.1 Å². The summed E-state index contributed by atoms with van der Waals surface area (Å²) in [6, 6.07) is 3.77. The molecule has 0 aliphatic carbocycles. The fourth-order valence-electron chi connectivity index (χ4n) is 2.26. The zero-order chi connectivity index (χ0) is 14.6.